The van der Waals surface area contributed by atoms with Gasteiger partial charge in [0.2, 0.25) is 0 Å². The molecule has 0 saturated carbocycles. The Hall–Kier alpha value is -0.0800. The molecule has 10 heavy (non-hydrogen) atoms. The fourth-order valence-corrected chi connectivity index (χ4v) is 0.625. The van der Waals surface area contributed by atoms with Crippen LogP contribution in [0.2, 0.25) is 0 Å². The summed E-state index contributed by atoms with van der Waals surface area (Å²) in [6.07, 6.45) is 2.78. The van der Waals surface area contributed by atoms with Crippen LogP contribution in [-0.2, 0) is 0 Å². The SMILES string of the molecule is C1CCNC1.CC(C)(C)N. The van der Waals surface area contributed by atoms with Gasteiger partial charge >= 0.3 is 0 Å². The molecule has 1 heterocycles. The summed E-state index contributed by atoms with van der Waals surface area (Å²) in [7, 11) is 0. The molecule has 1 aliphatic heterocycles. The lowest BCUT2D eigenvalue weighted by molar-refractivity contribution is 0.580. The van der Waals surface area contributed by atoms with Gasteiger partial charge in [0.1, 0.15) is 0 Å². The molecule has 0 aliphatic carbocycles. The van der Waals surface area contributed by atoms with Gasteiger partial charge in [0.25, 0.3) is 0 Å². The zero-order valence-electron chi connectivity index (χ0n) is 7.41. The van der Waals surface area contributed by atoms with Gasteiger partial charge in [-0.25, -0.2) is 0 Å². The molecular weight excluding hydrogens is 124 g/mol. The summed E-state index contributed by atoms with van der Waals surface area (Å²) < 4.78 is 0. The Bertz CT molecular complexity index is 56.2. The van der Waals surface area contributed by atoms with Gasteiger partial charge in [-0.2, -0.15) is 0 Å². The molecular formula is C8H20N2. The summed E-state index contributed by atoms with van der Waals surface area (Å²) in [5.41, 5.74) is 5.35. The van der Waals surface area contributed by atoms with Crippen molar-refractivity contribution >= 4 is 0 Å². The Morgan fingerprint density at radius 1 is 1.10 bits per heavy atom. The van der Waals surface area contributed by atoms with Crippen LogP contribution in [0.5, 0.6) is 0 Å². The van der Waals surface area contributed by atoms with Gasteiger partial charge in [-0.1, -0.05) is 0 Å². The molecule has 62 valence electrons. The second-order valence-electron chi connectivity index (χ2n) is 3.82. The van der Waals surface area contributed by atoms with Crippen LogP contribution in [0.15, 0.2) is 0 Å². The molecule has 2 heteroatoms. The maximum Gasteiger partial charge on any atom is 0.00686 e. The van der Waals surface area contributed by atoms with E-state index in [0.29, 0.717) is 0 Å². The zero-order valence-corrected chi connectivity index (χ0v) is 7.41. The number of hydrogen-bond acceptors (Lipinski definition) is 2. The summed E-state index contributed by atoms with van der Waals surface area (Å²) in [6.45, 7) is 8.40. The highest BCUT2D eigenvalue weighted by molar-refractivity contribution is 4.60. The summed E-state index contributed by atoms with van der Waals surface area (Å²) in [5, 5.41) is 3.22. The van der Waals surface area contributed by atoms with Gasteiger partial charge < -0.3 is 11.1 Å². The Balaban J connectivity index is 0.000000162. The van der Waals surface area contributed by atoms with Crippen molar-refractivity contribution in [1.29, 1.82) is 0 Å². The smallest absolute Gasteiger partial charge is 0.00686 e. The van der Waals surface area contributed by atoms with Gasteiger partial charge in [-0.15, -0.1) is 0 Å². The third kappa shape index (κ3) is 15.7. The molecule has 0 amide bonds. The Morgan fingerprint density at radius 2 is 1.40 bits per heavy atom. The molecule has 0 radical (unpaired) electrons. The average Bonchev–Trinajstić information content (AvgIpc) is 2.07. The topological polar surface area (TPSA) is 38.0 Å². The predicted molar refractivity (Wildman–Crippen MR) is 46.0 cm³/mol. The van der Waals surface area contributed by atoms with Gasteiger partial charge in [-0.05, 0) is 46.7 Å². The van der Waals surface area contributed by atoms with E-state index in [1.54, 1.807) is 0 Å². The maximum absolute atomic E-state index is 5.35. The molecule has 2 nitrogen and oxygen atoms in total. The van der Waals surface area contributed by atoms with Crippen LogP contribution < -0.4 is 11.1 Å². The third-order valence-electron chi connectivity index (χ3n) is 0.957. The van der Waals surface area contributed by atoms with Crippen molar-refractivity contribution in [2.75, 3.05) is 13.1 Å². The molecule has 1 rings (SSSR count). The lowest BCUT2D eigenvalue weighted by atomic mass is 10.1. The zero-order chi connectivity index (χ0) is 8.04. The first-order chi connectivity index (χ1) is 4.50. The fourth-order valence-electron chi connectivity index (χ4n) is 0.625. The molecule has 3 N–H and O–H groups in total. The summed E-state index contributed by atoms with van der Waals surface area (Å²) in [6, 6.07) is 0. The normalized spacial score (nSPS) is 18.0. The van der Waals surface area contributed by atoms with Crippen molar-refractivity contribution < 1.29 is 0 Å². The first kappa shape index (κ1) is 9.92. The standard InChI is InChI=1S/C4H9N.C4H11N/c1-2-4-5-3-1;1-4(2,3)5/h5H,1-4H2;5H2,1-3H3. The van der Waals surface area contributed by atoms with E-state index in [2.05, 4.69) is 5.32 Å². The molecule has 0 aromatic heterocycles. The third-order valence-corrected chi connectivity index (χ3v) is 0.957. The molecule has 0 unspecified atom stereocenters. The number of rotatable bonds is 0. The van der Waals surface area contributed by atoms with E-state index in [1.807, 2.05) is 20.8 Å². The Labute approximate surface area is 64.2 Å². The van der Waals surface area contributed by atoms with Crippen LogP contribution in [0.25, 0.3) is 0 Å². The number of nitrogens with one attached hydrogen (secondary N) is 1. The van der Waals surface area contributed by atoms with E-state index in [9.17, 15) is 0 Å². The van der Waals surface area contributed by atoms with Crippen molar-refractivity contribution in [1.82, 2.24) is 5.32 Å². The Kier molecular flexibility index (Phi) is 4.65. The van der Waals surface area contributed by atoms with E-state index in [-0.39, 0.29) is 5.54 Å². The van der Waals surface area contributed by atoms with Crippen molar-refractivity contribution in [3.8, 4) is 0 Å². The van der Waals surface area contributed by atoms with Gasteiger partial charge in [0, 0.05) is 5.54 Å². The second kappa shape index (κ2) is 4.69. The highest BCUT2D eigenvalue weighted by Crippen LogP contribution is 1.90. The fraction of sp³-hybridized carbons (Fsp3) is 1.00. The predicted octanol–water partition coefficient (Wildman–Crippen LogP) is 1.11. The Morgan fingerprint density at radius 3 is 1.50 bits per heavy atom. The molecule has 0 bridgehead atoms. The first-order valence-electron chi connectivity index (χ1n) is 4.00. The molecule has 0 atom stereocenters. The number of nitrogens with two attached hydrogens (primary N) is 1. The quantitative estimate of drug-likeness (QED) is 0.534. The van der Waals surface area contributed by atoms with Crippen LogP contribution in [-0.4, -0.2) is 18.6 Å². The van der Waals surface area contributed by atoms with E-state index < -0.39 is 0 Å². The van der Waals surface area contributed by atoms with Crippen LogP contribution >= 0.6 is 0 Å². The number of hydrogen-bond donors (Lipinski definition) is 2. The van der Waals surface area contributed by atoms with E-state index in [4.69, 9.17) is 5.73 Å². The van der Waals surface area contributed by atoms with Gasteiger partial charge in [-0.3, -0.25) is 0 Å². The van der Waals surface area contributed by atoms with Crippen LogP contribution in [0.1, 0.15) is 33.6 Å². The highest BCUT2D eigenvalue weighted by atomic mass is 14.9. The van der Waals surface area contributed by atoms with Crippen molar-refractivity contribution in [2.45, 2.75) is 39.2 Å². The van der Waals surface area contributed by atoms with Crippen LogP contribution in [0.4, 0.5) is 0 Å². The summed E-state index contributed by atoms with van der Waals surface area (Å²) in [5.74, 6) is 0. The summed E-state index contributed by atoms with van der Waals surface area (Å²) >= 11 is 0. The largest absolute Gasteiger partial charge is 0.326 e. The molecule has 0 spiro atoms. The minimum absolute atomic E-state index is 0. The van der Waals surface area contributed by atoms with Crippen LogP contribution in [0.3, 0.4) is 0 Å². The van der Waals surface area contributed by atoms with Crippen molar-refractivity contribution in [3.63, 3.8) is 0 Å². The lowest BCUT2D eigenvalue weighted by Gasteiger charge is -2.06. The average molecular weight is 144 g/mol. The van der Waals surface area contributed by atoms with Gasteiger partial charge in [0.15, 0.2) is 0 Å². The lowest BCUT2D eigenvalue weighted by Crippen LogP contribution is -2.26. The highest BCUT2D eigenvalue weighted by Gasteiger charge is 1.95. The van der Waals surface area contributed by atoms with Gasteiger partial charge in [0.05, 0.1) is 0 Å². The van der Waals surface area contributed by atoms with E-state index in [1.165, 1.54) is 25.9 Å². The van der Waals surface area contributed by atoms with E-state index >= 15 is 0 Å². The molecule has 0 aromatic carbocycles. The molecule has 1 fully saturated rings. The summed E-state index contributed by atoms with van der Waals surface area (Å²) in [4.78, 5) is 0. The monoisotopic (exact) mass is 144 g/mol. The van der Waals surface area contributed by atoms with Crippen molar-refractivity contribution in [3.05, 3.63) is 0 Å². The van der Waals surface area contributed by atoms with Crippen molar-refractivity contribution in [2.24, 2.45) is 5.73 Å². The molecule has 1 aliphatic rings. The first-order valence-corrected chi connectivity index (χ1v) is 4.00. The molecule has 0 aromatic rings. The van der Waals surface area contributed by atoms with E-state index in [0.717, 1.165) is 0 Å². The molecule has 1 saturated heterocycles. The second-order valence-corrected chi connectivity index (χ2v) is 3.82. The minimum atomic E-state index is 0. The maximum atomic E-state index is 5.35. The minimum Gasteiger partial charge on any atom is -0.326 e. The van der Waals surface area contributed by atoms with Crippen LogP contribution in [0, 0.1) is 0 Å².